The number of nitrogens with zero attached hydrogens (tertiary/aromatic N) is 2. The molecular formula is C22H24ClN3O4. The Bertz CT molecular complexity index is 957. The van der Waals surface area contributed by atoms with Gasteiger partial charge >= 0.3 is 6.03 Å². The van der Waals surface area contributed by atoms with Gasteiger partial charge in [0.2, 0.25) is 5.91 Å². The molecule has 0 aromatic heterocycles. The summed E-state index contributed by atoms with van der Waals surface area (Å²) in [6.45, 7) is 4.95. The Balaban J connectivity index is 1.29. The Hall–Kier alpha value is -2.93. The quantitative estimate of drug-likeness (QED) is 0.812. The molecule has 0 bridgehead atoms. The van der Waals surface area contributed by atoms with Gasteiger partial charge in [-0.3, -0.25) is 4.79 Å². The number of halogens is 1. The summed E-state index contributed by atoms with van der Waals surface area (Å²) in [6.07, 6.45) is 0.296. The number of hydrogen-bond donors (Lipinski definition) is 1. The van der Waals surface area contributed by atoms with Crippen LogP contribution in [0.1, 0.15) is 11.1 Å². The van der Waals surface area contributed by atoms with Crippen molar-refractivity contribution in [2.45, 2.75) is 13.3 Å². The van der Waals surface area contributed by atoms with E-state index in [-0.39, 0.29) is 11.9 Å². The highest BCUT2D eigenvalue weighted by atomic mass is 35.5. The van der Waals surface area contributed by atoms with Crippen molar-refractivity contribution < 1.29 is 19.1 Å². The van der Waals surface area contributed by atoms with Gasteiger partial charge in [-0.1, -0.05) is 23.7 Å². The molecule has 4 rings (SSSR count). The van der Waals surface area contributed by atoms with E-state index in [4.69, 9.17) is 21.1 Å². The number of piperazine rings is 1. The number of anilines is 1. The third kappa shape index (κ3) is 4.62. The van der Waals surface area contributed by atoms with Gasteiger partial charge in [-0.2, -0.15) is 0 Å². The van der Waals surface area contributed by atoms with E-state index in [1.807, 2.05) is 37.3 Å². The lowest BCUT2D eigenvalue weighted by molar-refractivity contribution is -0.131. The average molecular weight is 430 g/mol. The lowest BCUT2D eigenvalue weighted by Crippen LogP contribution is -2.52. The Morgan fingerprint density at radius 3 is 2.40 bits per heavy atom. The monoisotopic (exact) mass is 429 g/mol. The van der Waals surface area contributed by atoms with Crippen molar-refractivity contribution in [3.63, 3.8) is 0 Å². The summed E-state index contributed by atoms with van der Waals surface area (Å²) in [7, 11) is 0. The van der Waals surface area contributed by atoms with Crippen LogP contribution < -0.4 is 14.8 Å². The normalized spacial score (nSPS) is 15.7. The molecule has 158 valence electrons. The topological polar surface area (TPSA) is 71.1 Å². The fourth-order valence-electron chi connectivity index (χ4n) is 3.52. The second-order valence-corrected chi connectivity index (χ2v) is 7.82. The molecular weight excluding hydrogens is 406 g/mol. The molecule has 3 amide bonds. The number of ether oxygens (including phenoxy) is 2. The second-order valence-electron chi connectivity index (χ2n) is 7.42. The maximum Gasteiger partial charge on any atom is 0.321 e. The van der Waals surface area contributed by atoms with E-state index < -0.39 is 0 Å². The fourth-order valence-corrected chi connectivity index (χ4v) is 3.70. The molecule has 2 aromatic carbocycles. The first-order chi connectivity index (χ1) is 14.5. The summed E-state index contributed by atoms with van der Waals surface area (Å²) in [5.74, 6) is 1.44. The van der Waals surface area contributed by atoms with Crippen LogP contribution in [-0.4, -0.2) is 61.1 Å². The predicted octanol–water partition coefficient (Wildman–Crippen LogP) is 3.34. The molecule has 30 heavy (non-hydrogen) atoms. The van der Waals surface area contributed by atoms with Gasteiger partial charge < -0.3 is 24.6 Å². The van der Waals surface area contributed by atoms with Crippen LogP contribution in [0.25, 0.3) is 0 Å². The third-order valence-corrected chi connectivity index (χ3v) is 5.71. The minimum Gasteiger partial charge on any atom is -0.486 e. The number of carbonyl (C=O) groups is 2. The molecule has 0 atom stereocenters. The smallest absolute Gasteiger partial charge is 0.321 e. The van der Waals surface area contributed by atoms with Crippen molar-refractivity contribution in [1.82, 2.24) is 9.80 Å². The lowest BCUT2D eigenvalue weighted by Gasteiger charge is -2.34. The van der Waals surface area contributed by atoms with Gasteiger partial charge in [0.1, 0.15) is 13.2 Å². The van der Waals surface area contributed by atoms with E-state index in [1.54, 1.807) is 15.9 Å². The molecule has 2 heterocycles. The second kappa shape index (κ2) is 8.83. The summed E-state index contributed by atoms with van der Waals surface area (Å²) in [5, 5.41) is 3.48. The standard InChI is InChI=1S/C22H24ClN3O4/c1-15-2-4-17(14-18(15)23)24-22(28)26-8-6-25(7-9-26)21(27)13-16-3-5-19-20(12-16)30-11-10-29-19/h2-5,12,14H,6-11,13H2,1H3,(H,24,28). The van der Waals surface area contributed by atoms with Crippen LogP contribution in [0.15, 0.2) is 36.4 Å². The van der Waals surface area contributed by atoms with Gasteiger partial charge in [-0.25, -0.2) is 4.79 Å². The number of fused-ring (bicyclic) bond motifs is 1. The van der Waals surface area contributed by atoms with Crippen LogP contribution >= 0.6 is 11.6 Å². The summed E-state index contributed by atoms with van der Waals surface area (Å²) in [6, 6.07) is 10.8. The van der Waals surface area contributed by atoms with E-state index in [1.165, 1.54) is 0 Å². The van der Waals surface area contributed by atoms with Gasteiger partial charge in [-0.15, -0.1) is 0 Å². The molecule has 0 saturated carbocycles. The van der Waals surface area contributed by atoms with Crippen LogP contribution in [0.5, 0.6) is 11.5 Å². The first kappa shape index (κ1) is 20.3. The summed E-state index contributed by atoms with van der Waals surface area (Å²) in [4.78, 5) is 28.7. The summed E-state index contributed by atoms with van der Waals surface area (Å²) < 4.78 is 11.1. The molecule has 7 nitrogen and oxygen atoms in total. The number of nitrogens with one attached hydrogen (secondary N) is 1. The van der Waals surface area contributed by atoms with E-state index >= 15 is 0 Å². The van der Waals surface area contributed by atoms with Crippen LogP contribution in [0, 0.1) is 6.92 Å². The van der Waals surface area contributed by atoms with Crippen molar-refractivity contribution in [2.24, 2.45) is 0 Å². The van der Waals surface area contributed by atoms with E-state index in [2.05, 4.69) is 5.32 Å². The molecule has 2 aromatic rings. The largest absolute Gasteiger partial charge is 0.486 e. The van der Waals surface area contributed by atoms with Crippen molar-refractivity contribution >= 4 is 29.2 Å². The highest BCUT2D eigenvalue weighted by molar-refractivity contribution is 6.31. The first-order valence-corrected chi connectivity index (χ1v) is 10.4. The number of amides is 3. The van der Waals surface area contributed by atoms with Crippen molar-refractivity contribution in [3.8, 4) is 11.5 Å². The van der Waals surface area contributed by atoms with Crippen molar-refractivity contribution in [1.29, 1.82) is 0 Å². The predicted molar refractivity (Wildman–Crippen MR) is 114 cm³/mol. The number of urea groups is 1. The SMILES string of the molecule is Cc1ccc(NC(=O)N2CCN(C(=O)Cc3ccc4c(c3)OCCO4)CC2)cc1Cl. The highest BCUT2D eigenvalue weighted by Gasteiger charge is 2.24. The molecule has 8 heteroatoms. The van der Waals surface area contributed by atoms with Gasteiger partial charge in [-0.05, 0) is 42.3 Å². The zero-order valence-electron chi connectivity index (χ0n) is 16.8. The molecule has 2 aliphatic rings. The Morgan fingerprint density at radius 2 is 1.67 bits per heavy atom. The zero-order chi connectivity index (χ0) is 21.1. The lowest BCUT2D eigenvalue weighted by atomic mass is 10.1. The van der Waals surface area contributed by atoms with Gasteiger partial charge in [0.15, 0.2) is 11.5 Å². The Morgan fingerprint density at radius 1 is 0.967 bits per heavy atom. The molecule has 1 saturated heterocycles. The maximum absolute atomic E-state index is 12.7. The Kier molecular flexibility index (Phi) is 5.99. The van der Waals surface area contributed by atoms with Crippen LogP contribution in [0.2, 0.25) is 5.02 Å². The van der Waals surface area contributed by atoms with Crippen LogP contribution in [-0.2, 0) is 11.2 Å². The van der Waals surface area contributed by atoms with E-state index in [0.717, 1.165) is 11.1 Å². The minimum atomic E-state index is -0.186. The number of rotatable bonds is 3. The molecule has 0 unspecified atom stereocenters. The molecule has 1 N–H and O–H groups in total. The molecule has 0 spiro atoms. The third-order valence-electron chi connectivity index (χ3n) is 5.30. The highest BCUT2D eigenvalue weighted by Crippen LogP contribution is 2.31. The van der Waals surface area contributed by atoms with Gasteiger partial charge in [0.25, 0.3) is 0 Å². The van der Waals surface area contributed by atoms with Crippen LogP contribution in [0.4, 0.5) is 10.5 Å². The fraction of sp³-hybridized carbons (Fsp3) is 0.364. The number of aryl methyl sites for hydroxylation is 1. The zero-order valence-corrected chi connectivity index (χ0v) is 17.6. The van der Waals surface area contributed by atoms with Crippen LogP contribution in [0.3, 0.4) is 0 Å². The minimum absolute atomic E-state index is 0.0389. The van der Waals surface area contributed by atoms with E-state index in [9.17, 15) is 9.59 Å². The average Bonchev–Trinajstić information content (AvgIpc) is 2.76. The molecule has 2 aliphatic heterocycles. The van der Waals surface area contributed by atoms with E-state index in [0.29, 0.717) is 68.0 Å². The first-order valence-electron chi connectivity index (χ1n) is 9.98. The summed E-state index contributed by atoms with van der Waals surface area (Å²) >= 11 is 6.12. The summed E-state index contributed by atoms with van der Waals surface area (Å²) in [5.41, 5.74) is 2.51. The number of carbonyl (C=O) groups excluding carboxylic acids is 2. The Labute approximate surface area is 180 Å². The van der Waals surface area contributed by atoms with Gasteiger partial charge in [0.05, 0.1) is 6.42 Å². The molecule has 1 fully saturated rings. The number of benzene rings is 2. The van der Waals surface area contributed by atoms with Crippen molar-refractivity contribution in [2.75, 3.05) is 44.7 Å². The van der Waals surface area contributed by atoms with Crippen molar-refractivity contribution in [3.05, 3.63) is 52.5 Å². The number of hydrogen-bond acceptors (Lipinski definition) is 4. The van der Waals surface area contributed by atoms with Gasteiger partial charge in [0, 0.05) is 36.9 Å². The molecule has 0 aliphatic carbocycles. The maximum atomic E-state index is 12.7. The molecule has 0 radical (unpaired) electrons.